The van der Waals surface area contributed by atoms with Crippen molar-refractivity contribution in [3.05, 3.63) is 66.5 Å². The zero-order valence-corrected chi connectivity index (χ0v) is 18.5. The Hall–Kier alpha value is -2.09. The van der Waals surface area contributed by atoms with Crippen molar-refractivity contribution in [3.8, 4) is 16.9 Å². The highest BCUT2D eigenvalue weighted by molar-refractivity contribution is 5.64. The molecule has 1 fully saturated rings. The molecular formula is C28H37FO. The van der Waals surface area contributed by atoms with E-state index >= 15 is 0 Å². The van der Waals surface area contributed by atoms with E-state index in [9.17, 15) is 4.39 Å². The van der Waals surface area contributed by atoms with Crippen molar-refractivity contribution in [3.63, 3.8) is 0 Å². The minimum absolute atomic E-state index is 0.676. The average molecular weight is 409 g/mol. The van der Waals surface area contributed by atoms with Crippen LogP contribution in [0.5, 0.6) is 5.75 Å². The molecule has 0 atom stereocenters. The summed E-state index contributed by atoms with van der Waals surface area (Å²) < 4.78 is 18.0. The zero-order valence-electron chi connectivity index (χ0n) is 18.5. The zero-order chi connectivity index (χ0) is 21.0. The Labute approximate surface area is 182 Å². The predicted octanol–water partition coefficient (Wildman–Crippen LogP) is 8.85. The maximum atomic E-state index is 12.1. The number of rotatable bonds is 11. The number of halogens is 1. The number of hydrogen-bond acceptors (Lipinski definition) is 1. The summed E-state index contributed by atoms with van der Waals surface area (Å²) in [7, 11) is 0. The molecule has 0 radical (unpaired) electrons. The van der Waals surface area contributed by atoms with Gasteiger partial charge < -0.3 is 4.74 Å². The summed E-state index contributed by atoms with van der Waals surface area (Å²) in [5.41, 5.74) is 3.97. The first-order valence-electron chi connectivity index (χ1n) is 11.9. The van der Waals surface area contributed by atoms with Crippen LogP contribution in [0.1, 0.15) is 82.6 Å². The van der Waals surface area contributed by atoms with E-state index in [0.29, 0.717) is 12.2 Å². The van der Waals surface area contributed by atoms with E-state index < -0.39 is 0 Å². The molecule has 1 aliphatic rings. The van der Waals surface area contributed by atoms with Crippen molar-refractivity contribution < 1.29 is 9.13 Å². The smallest absolute Gasteiger partial charge is 0.119 e. The quantitative estimate of drug-likeness (QED) is 0.337. The van der Waals surface area contributed by atoms with Gasteiger partial charge in [-0.05, 0) is 85.6 Å². The molecule has 1 nitrogen and oxygen atoms in total. The van der Waals surface area contributed by atoms with Gasteiger partial charge >= 0.3 is 0 Å². The Bertz CT molecular complexity index is 739. The number of benzene rings is 2. The minimum atomic E-state index is 0.676. The number of allylic oxidation sites excluding steroid dienone is 1. The van der Waals surface area contributed by atoms with Crippen LogP contribution in [0.4, 0.5) is 4.39 Å². The Balaban J connectivity index is 1.47. The van der Waals surface area contributed by atoms with E-state index in [1.807, 2.05) is 0 Å². The van der Waals surface area contributed by atoms with Crippen LogP contribution in [-0.4, -0.2) is 6.61 Å². The lowest BCUT2D eigenvalue weighted by molar-refractivity contribution is 0.305. The summed E-state index contributed by atoms with van der Waals surface area (Å²) in [4.78, 5) is 0. The Morgan fingerprint density at radius 2 is 1.53 bits per heavy atom. The third-order valence-electron chi connectivity index (χ3n) is 6.51. The van der Waals surface area contributed by atoms with Crippen molar-refractivity contribution in [1.29, 1.82) is 0 Å². The summed E-state index contributed by atoms with van der Waals surface area (Å²) in [6.45, 7) is 3.04. The number of unbranched alkanes of at least 4 members (excludes halogenated alkanes) is 3. The van der Waals surface area contributed by atoms with E-state index in [1.54, 1.807) is 6.08 Å². The molecule has 2 aromatic rings. The first-order valence-corrected chi connectivity index (χ1v) is 11.9. The molecule has 0 saturated heterocycles. The van der Waals surface area contributed by atoms with E-state index in [-0.39, 0.29) is 0 Å². The van der Waals surface area contributed by atoms with E-state index in [2.05, 4.69) is 55.5 Å². The second kappa shape index (κ2) is 12.6. The highest BCUT2D eigenvalue weighted by Gasteiger charge is 2.21. The van der Waals surface area contributed by atoms with Crippen molar-refractivity contribution >= 4 is 0 Å². The highest BCUT2D eigenvalue weighted by atomic mass is 19.1. The van der Waals surface area contributed by atoms with Crippen molar-refractivity contribution in [2.24, 2.45) is 5.92 Å². The van der Waals surface area contributed by atoms with E-state index in [0.717, 1.165) is 37.5 Å². The Kier molecular flexibility index (Phi) is 9.47. The highest BCUT2D eigenvalue weighted by Crippen LogP contribution is 2.38. The molecule has 0 heterocycles. The lowest BCUT2D eigenvalue weighted by atomic mass is 9.77. The maximum absolute atomic E-state index is 12.1. The second-order valence-corrected chi connectivity index (χ2v) is 8.71. The lowest BCUT2D eigenvalue weighted by Gasteiger charge is -2.28. The van der Waals surface area contributed by atoms with Gasteiger partial charge in [0.25, 0.3) is 0 Å². The van der Waals surface area contributed by atoms with Gasteiger partial charge in [-0.2, -0.15) is 0 Å². The first-order chi connectivity index (χ1) is 14.8. The van der Waals surface area contributed by atoms with Crippen molar-refractivity contribution in [2.45, 2.75) is 77.0 Å². The Morgan fingerprint density at radius 1 is 0.867 bits per heavy atom. The maximum Gasteiger partial charge on any atom is 0.119 e. The normalized spacial score (nSPS) is 19.3. The standard InChI is InChI=1S/C28H37FO/c1-2-3-4-7-22-30-28-19-17-27(18-20-28)26-15-13-25(14-16-26)24-11-9-23(10-12-24)8-5-6-21-29/h6,13-21,23-24H,2-5,7-12,22H2,1H3/b21-6+. The van der Waals surface area contributed by atoms with Crippen LogP contribution in [-0.2, 0) is 0 Å². The molecule has 0 N–H and O–H groups in total. The molecular weight excluding hydrogens is 371 g/mol. The summed E-state index contributed by atoms with van der Waals surface area (Å²) in [5.74, 6) is 2.41. The van der Waals surface area contributed by atoms with Crippen LogP contribution in [0.3, 0.4) is 0 Å². The van der Waals surface area contributed by atoms with Crippen LogP contribution in [0.25, 0.3) is 11.1 Å². The number of hydrogen-bond donors (Lipinski definition) is 0. The molecule has 0 unspecified atom stereocenters. The van der Waals surface area contributed by atoms with E-state index in [4.69, 9.17) is 4.74 Å². The van der Waals surface area contributed by atoms with Gasteiger partial charge in [0, 0.05) is 0 Å². The fourth-order valence-corrected chi connectivity index (χ4v) is 4.59. The first kappa shape index (κ1) is 22.6. The van der Waals surface area contributed by atoms with Gasteiger partial charge in [-0.1, -0.05) is 68.7 Å². The fraction of sp³-hybridized carbons (Fsp3) is 0.500. The SMILES string of the molecule is CCCCCCOc1ccc(-c2ccc(C3CCC(CC/C=C/F)CC3)cc2)cc1. The van der Waals surface area contributed by atoms with Gasteiger partial charge in [0.15, 0.2) is 0 Å². The molecule has 1 saturated carbocycles. The molecule has 3 rings (SSSR count). The van der Waals surface area contributed by atoms with Crippen LogP contribution < -0.4 is 4.74 Å². The van der Waals surface area contributed by atoms with Crippen LogP contribution >= 0.6 is 0 Å². The van der Waals surface area contributed by atoms with Gasteiger partial charge in [0.2, 0.25) is 0 Å². The van der Waals surface area contributed by atoms with Crippen molar-refractivity contribution in [2.75, 3.05) is 6.61 Å². The topological polar surface area (TPSA) is 9.23 Å². The minimum Gasteiger partial charge on any atom is -0.494 e. The molecule has 162 valence electrons. The average Bonchev–Trinajstić information content (AvgIpc) is 2.80. The summed E-state index contributed by atoms with van der Waals surface area (Å²) >= 11 is 0. The molecule has 0 amide bonds. The number of ether oxygens (including phenoxy) is 1. The van der Waals surface area contributed by atoms with Gasteiger partial charge in [0.1, 0.15) is 5.75 Å². The molecule has 2 aromatic carbocycles. The molecule has 0 bridgehead atoms. The fourth-order valence-electron chi connectivity index (χ4n) is 4.59. The summed E-state index contributed by atoms with van der Waals surface area (Å²) in [5, 5.41) is 0. The molecule has 0 aliphatic heterocycles. The van der Waals surface area contributed by atoms with Crippen molar-refractivity contribution in [1.82, 2.24) is 0 Å². The molecule has 1 aliphatic carbocycles. The summed E-state index contributed by atoms with van der Waals surface area (Å²) in [6.07, 6.45) is 14.3. The third-order valence-corrected chi connectivity index (χ3v) is 6.51. The third kappa shape index (κ3) is 7.00. The second-order valence-electron chi connectivity index (χ2n) is 8.71. The van der Waals surface area contributed by atoms with Gasteiger partial charge in [0.05, 0.1) is 12.9 Å². The van der Waals surface area contributed by atoms with Gasteiger partial charge in [-0.3, -0.25) is 0 Å². The summed E-state index contributed by atoms with van der Waals surface area (Å²) in [6, 6.07) is 17.6. The van der Waals surface area contributed by atoms with Crippen LogP contribution in [0.2, 0.25) is 0 Å². The van der Waals surface area contributed by atoms with Gasteiger partial charge in [-0.25, -0.2) is 4.39 Å². The van der Waals surface area contributed by atoms with Gasteiger partial charge in [-0.15, -0.1) is 0 Å². The molecule has 2 heteroatoms. The van der Waals surface area contributed by atoms with Crippen LogP contribution in [0, 0.1) is 5.92 Å². The predicted molar refractivity (Wildman–Crippen MR) is 126 cm³/mol. The van der Waals surface area contributed by atoms with Crippen LogP contribution in [0.15, 0.2) is 60.9 Å². The molecule has 30 heavy (non-hydrogen) atoms. The van der Waals surface area contributed by atoms with E-state index in [1.165, 1.54) is 61.6 Å². The lowest BCUT2D eigenvalue weighted by Crippen LogP contribution is -2.13. The molecule has 0 spiro atoms. The largest absolute Gasteiger partial charge is 0.494 e. The Morgan fingerprint density at radius 3 is 2.17 bits per heavy atom. The monoisotopic (exact) mass is 408 g/mol. The molecule has 0 aromatic heterocycles.